The molecule has 2 heterocycles. The number of rotatable bonds is 7. The molecule has 0 aromatic heterocycles. The molecule has 7 heteroatoms. The number of hydrogen-bond donors (Lipinski definition) is 2. The van der Waals surface area contributed by atoms with Gasteiger partial charge in [0.25, 0.3) is 0 Å². The number of piperidine rings is 1. The molecule has 1 atom stereocenters. The number of β-amino-alcohol motifs (C(OH)–C–C–N with tert-alkyl or cyclic N) is 2. The van der Waals surface area contributed by atoms with Gasteiger partial charge in [0.15, 0.2) is 0 Å². The highest BCUT2D eigenvalue weighted by Crippen LogP contribution is 2.29. The Morgan fingerprint density at radius 1 is 0.906 bits per heavy atom. The molecule has 0 saturated carbocycles. The molecule has 0 amide bonds. The smallest absolute Gasteiger partial charge is 0.134 e. The summed E-state index contributed by atoms with van der Waals surface area (Å²) in [5, 5.41) is 22.4. The van der Waals surface area contributed by atoms with Crippen LogP contribution < -0.4 is 14.4 Å². The maximum Gasteiger partial charge on any atom is 0.134 e. The third-order valence-corrected chi connectivity index (χ3v) is 6.34. The molecule has 7 nitrogen and oxygen atoms in total. The summed E-state index contributed by atoms with van der Waals surface area (Å²) in [5.74, 6) is 1.57. The van der Waals surface area contributed by atoms with E-state index in [1.807, 2.05) is 42.5 Å². The van der Waals surface area contributed by atoms with Crippen molar-refractivity contribution in [1.82, 2.24) is 4.90 Å². The molecule has 0 radical (unpaired) electrons. The van der Waals surface area contributed by atoms with Gasteiger partial charge in [-0.2, -0.15) is 0 Å². The zero-order chi connectivity index (χ0) is 22.4. The van der Waals surface area contributed by atoms with E-state index in [1.54, 1.807) is 7.11 Å². The quantitative estimate of drug-likeness (QED) is 0.681. The largest absolute Gasteiger partial charge is 0.497 e. The minimum Gasteiger partial charge on any atom is -0.497 e. The molecule has 2 N–H and O–H groups in total. The fourth-order valence-electron chi connectivity index (χ4n) is 4.50. The minimum atomic E-state index is -1.12. The van der Waals surface area contributed by atoms with Gasteiger partial charge in [-0.05, 0) is 49.2 Å². The number of hydrogen-bond acceptors (Lipinski definition) is 7. The van der Waals surface area contributed by atoms with E-state index in [-0.39, 0.29) is 13.2 Å². The third-order valence-electron chi connectivity index (χ3n) is 6.34. The van der Waals surface area contributed by atoms with Crippen LogP contribution in [0.1, 0.15) is 12.8 Å². The van der Waals surface area contributed by atoms with Gasteiger partial charge >= 0.3 is 0 Å². The van der Waals surface area contributed by atoms with Crippen LogP contribution >= 0.6 is 0 Å². The highest BCUT2D eigenvalue weighted by Gasteiger charge is 2.39. The number of ether oxygens (including phenoxy) is 3. The van der Waals surface area contributed by atoms with Crippen molar-refractivity contribution in [3.63, 3.8) is 0 Å². The van der Waals surface area contributed by atoms with Crippen molar-refractivity contribution < 1.29 is 24.4 Å². The Labute approximate surface area is 190 Å². The van der Waals surface area contributed by atoms with Gasteiger partial charge in [0, 0.05) is 38.4 Å². The van der Waals surface area contributed by atoms with E-state index in [4.69, 9.17) is 14.2 Å². The summed E-state index contributed by atoms with van der Waals surface area (Å²) in [5.41, 5.74) is -0.760. The standard InChI is InChI=1S/C25H34N2O5/c1-30-22-9-7-21(8-10-22)27-13-11-24(28,12-14-27)17-26-15-16-31-19-25(29,18-26)20-32-23-5-3-2-4-6-23/h2-10,28-29H,11-20H2,1H3/t25-/m0/s1. The zero-order valence-electron chi connectivity index (χ0n) is 18.8. The van der Waals surface area contributed by atoms with E-state index in [1.165, 1.54) is 0 Å². The van der Waals surface area contributed by atoms with Gasteiger partial charge in [0.05, 0.1) is 25.9 Å². The number of aliphatic hydroxyl groups is 2. The van der Waals surface area contributed by atoms with E-state index in [2.05, 4.69) is 21.9 Å². The second kappa shape index (κ2) is 10.1. The van der Waals surface area contributed by atoms with Crippen molar-refractivity contribution in [3.8, 4) is 11.5 Å². The Bertz CT molecular complexity index is 839. The van der Waals surface area contributed by atoms with Crippen LogP contribution in [0.25, 0.3) is 0 Å². The first-order valence-electron chi connectivity index (χ1n) is 11.3. The lowest BCUT2D eigenvalue weighted by atomic mass is 9.90. The van der Waals surface area contributed by atoms with Gasteiger partial charge in [-0.1, -0.05) is 18.2 Å². The van der Waals surface area contributed by atoms with Gasteiger partial charge in [-0.25, -0.2) is 0 Å². The predicted molar refractivity (Wildman–Crippen MR) is 124 cm³/mol. The number of nitrogens with zero attached hydrogens (tertiary/aromatic N) is 2. The molecule has 2 aliphatic rings. The fraction of sp³-hybridized carbons (Fsp3) is 0.520. The molecule has 32 heavy (non-hydrogen) atoms. The van der Waals surface area contributed by atoms with Crippen molar-refractivity contribution >= 4 is 5.69 Å². The van der Waals surface area contributed by atoms with Gasteiger partial charge < -0.3 is 29.3 Å². The second-order valence-corrected chi connectivity index (χ2v) is 9.00. The molecule has 0 bridgehead atoms. The molecular weight excluding hydrogens is 408 g/mol. The topological polar surface area (TPSA) is 74.6 Å². The zero-order valence-corrected chi connectivity index (χ0v) is 18.8. The highest BCUT2D eigenvalue weighted by atomic mass is 16.5. The molecule has 2 aromatic rings. The fourth-order valence-corrected chi connectivity index (χ4v) is 4.50. The van der Waals surface area contributed by atoms with Crippen LogP contribution in [0.5, 0.6) is 11.5 Å². The Morgan fingerprint density at radius 2 is 1.62 bits per heavy atom. The molecule has 0 unspecified atom stereocenters. The highest BCUT2D eigenvalue weighted by molar-refractivity contribution is 5.49. The number of methoxy groups -OCH3 is 1. The van der Waals surface area contributed by atoms with Gasteiger partial charge in [-0.3, -0.25) is 4.90 Å². The molecular formula is C25H34N2O5. The van der Waals surface area contributed by atoms with E-state index in [9.17, 15) is 10.2 Å². The molecule has 2 aliphatic heterocycles. The number of benzene rings is 2. The molecule has 174 valence electrons. The monoisotopic (exact) mass is 442 g/mol. The lowest BCUT2D eigenvalue weighted by molar-refractivity contribution is -0.0742. The summed E-state index contributed by atoms with van der Waals surface area (Å²) in [4.78, 5) is 4.41. The molecule has 2 aromatic carbocycles. The first kappa shape index (κ1) is 22.9. The van der Waals surface area contributed by atoms with Crippen LogP contribution in [0, 0.1) is 0 Å². The normalized spacial score (nSPS) is 24.0. The molecule has 2 saturated heterocycles. The minimum absolute atomic E-state index is 0.150. The Morgan fingerprint density at radius 3 is 2.31 bits per heavy atom. The van der Waals surface area contributed by atoms with Crippen LogP contribution in [-0.2, 0) is 4.74 Å². The summed E-state index contributed by atoms with van der Waals surface area (Å²) >= 11 is 0. The number of anilines is 1. The summed E-state index contributed by atoms with van der Waals surface area (Å²) in [7, 11) is 1.67. The number of para-hydroxylation sites is 1. The average molecular weight is 443 g/mol. The van der Waals surface area contributed by atoms with Gasteiger partial charge in [0.1, 0.15) is 23.7 Å². The van der Waals surface area contributed by atoms with E-state index < -0.39 is 11.2 Å². The lowest BCUT2D eigenvalue weighted by Crippen LogP contribution is -2.55. The van der Waals surface area contributed by atoms with E-state index in [0.29, 0.717) is 39.1 Å². The van der Waals surface area contributed by atoms with Crippen molar-refractivity contribution in [1.29, 1.82) is 0 Å². The van der Waals surface area contributed by atoms with E-state index in [0.717, 1.165) is 30.3 Å². The second-order valence-electron chi connectivity index (χ2n) is 9.00. The summed E-state index contributed by atoms with van der Waals surface area (Å²) in [6, 6.07) is 17.5. The van der Waals surface area contributed by atoms with Crippen LogP contribution in [0.2, 0.25) is 0 Å². The van der Waals surface area contributed by atoms with E-state index >= 15 is 0 Å². The lowest BCUT2D eigenvalue weighted by Gasteiger charge is -2.42. The van der Waals surface area contributed by atoms with Crippen molar-refractivity contribution in [3.05, 3.63) is 54.6 Å². The summed E-state index contributed by atoms with van der Waals surface area (Å²) < 4.78 is 16.7. The third kappa shape index (κ3) is 5.92. The molecule has 2 fully saturated rings. The Balaban J connectivity index is 1.32. The van der Waals surface area contributed by atoms with Crippen LogP contribution in [-0.4, -0.2) is 86.0 Å². The first-order valence-corrected chi connectivity index (χ1v) is 11.3. The average Bonchev–Trinajstić information content (AvgIpc) is 3.00. The molecule has 0 aliphatic carbocycles. The van der Waals surface area contributed by atoms with Crippen LogP contribution in [0.3, 0.4) is 0 Å². The summed E-state index contributed by atoms with van der Waals surface area (Å²) in [6.07, 6.45) is 1.35. The molecule has 0 spiro atoms. The first-order chi connectivity index (χ1) is 15.5. The SMILES string of the molecule is COc1ccc(N2CCC(O)(CN3CCOC[C@](O)(COc4ccccc4)C3)CC2)cc1. The maximum atomic E-state index is 11.3. The maximum absolute atomic E-state index is 11.3. The Kier molecular flexibility index (Phi) is 7.20. The summed E-state index contributed by atoms with van der Waals surface area (Å²) in [6.45, 7) is 4.07. The van der Waals surface area contributed by atoms with Crippen molar-refractivity contribution in [2.75, 3.05) is 64.6 Å². The Hall–Kier alpha value is -2.32. The van der Waals surface area contributed by atoms with Crippen molar-refractivity contribution in [2.24, 2.45) is 0 Å². The van der Waals surface area contributed by atoms with Crippen LogP contribution in [0.4, 0.5) is 5.69 Å². The van der Waals surface area contributed by atoms with Gasteiger partial charge in [0.2, 0.25) is 0 Å². The predicted octanol–water partition coefficient (Wildman–Crippen LogP) is 2.17. The van der Waals surface area contributed by atoms with Crippen LogP contribution in [0.15, 0.2) is 54.6 Å². The van der Waals surface area contributed by atoms with Crippen molar-refractivity contribution in [2.45, 2.75) is 24.0 Å². The molecule has 4 rings (SSSR count). The van der Waals surface area contributed by atoms with Gasteiger partial charge in [-0.15, -0.1) is 0 Å².